The molecule has 0 bridgehead atoms. The third-order valence-corrected chi connectivity index (χ3v) is 5.83. The highest BCUT2D eigenvalue weighted by Crippen LogP contribution is 2.36. The van der Waals surface area contributed by atoms with Crippen molar-refractivity contribution in [2.24, 2.45) is 0 Å². The van der Waals surface area contributed by atoms with Gasteiger partial charge < -0.3 is 16.0 Å². The monoisotopic (exact) mass is 509 g/mol. The van der Waals surface area contributed by atoms with Gasteiger partial charge in [0.2, 0.25) is 15.9 Å². The Labute approximate surface area is 199 Å². The van der Waals surface area contributed by atoms with Gasteiger partial charge in [-0.05, 0) is 18.2 Å². The molecule has 0 spiro atoms. The molecule has 0 aliphatic rings. The summed E-state index contributed by atoms with van der Waals surface area (Å²) in [5.41, 5.74) is -0.204. The van der Waals surface area contributed by atoms with Crippen molar-refractivity contribution < 1.29 is 26.4 Å². The van der Waals surface area contributed by atoms with Crippen molar-refractivity contribution >= 4 is 44.6 Å². The number of carbonyl (C=O) groups excluding carboxylic acids is 1. The third-order valence-electron chi connectivity index (χ3n) is 4.66. The van der Waals surface area contributed by atoms with Crippen molar-refractivity contribution in [2.75, 3.05) is 33.6 Å². The van der Waals surface area contributed by atoms with Gasteiger partial charge in [-0.1, -0.05) is 6.07 Å². The first-order valence-electron chi connectivity index (χ1n) is 10.0. The van der Waals surface area contributed by atoms with Crippen molar-refractivity contribution in [1.29, 1.82) is 0 Å². The zero-order valence-electron chi connectivity index (χ0n) is 18.9. The molecular weight excluding hydrogens is 487 g/mol. The summed E-state index contributed by atoms with van der Waals surface area (Å²) in [4.78, 5) is 23.2. The smallest absolute Gasteiger partial charge is 0.379 e. The van der Waals surface area contributed by atoms with Gasteiger partial charge in [-0.3, -0.25) is 14.1 Å². The van der Waals surface area contributed by atoms with Crippen molar-refractivity contribution in [3.63, 3.8) is 0 Å². The van der Waals surface area contributed by atoms with Crippen LogP contribution in [0.15, 0.2) is 48.9 Å². The van der Waals surface area contributed by atoms with E-state index in [-0.39, 0.29) is 35.5 Å². The summed E-state index contributed by atoms with van der Waals surface area (Å²) in [6, 6.07) is 7.74. The maximum Gasteiger partial charge on any atom is 0.419 e. The van der Waals surface area contributed by atoms with Gasteiger partial charge in [0.05, 0.1) is 24.1 Å². The number of hydrogen-bond acceptors (Lipinski definition) is 8. The van der Waals surface area contributed by atoms with Crippen LogP contribution in [0.25, 0.3) is 0 Å². The number of alkyl halides is 3. The largest absolute Gasteiger partial charge is 0.419 e. The molecule has 2 aromatic heterocycles. The molecule has 0 saturated carbocycles. The molecule has 14 heteroatoms. The van der Waals surface area contributed by atoms with E-state index in [9.17, 15) is 26.4 Å². The highest BCUT2D eigenvalue weighted by Gasteiger charge is 2.34. The number of amides is 1. The van der Waals surface area contributed by atoms with E-state index in [1.807, 2.05) is 0 Å². The van der Waals surface area contributed by atoms with Crippen LogP contribution >= 0.6 is 0 Å². The average molecular weight is 510 g/mol. The minimum atomic E-state index is -4.70. The molecule has 3 aromatic rings. The zero-order chi connectivity index (χ0) is 25.8. The van der Waals surface area contributed by atoms with Gasteiger partial charge >= 0.3 is 6.18 Å². The Bertz CT molecular complexity index is 1330. The topological polar surface area (TPSA) is 129 Å². The molecule has 3 N–H and O–H groups in total. The van der Waals surface area contributed by atoms with E-state index < -0.39 is 21.8 Å². The van der Waals surface area contributed by atoms with Gasteiger partial charge in [0, 0.05) is 50.0 Å². The molecule has 0 radical (unpaired) electrons. The molecule has 0 aliphatic heterocycles. The Kier molecular flexibility index (Phi) is 7.43. The van der Waals surface area contributed by atoms with Crippen LogP contribution in [0, 0.1) is 0 Å². The van der Waals surface area contributed by atoms with Crippen LogP contribution < -0.4 is 20.3 Å². The molecule has 10 nitrogen and oxygen atoms in total. The van der Waals surface area contributed by atoms with Crippen molar-refractivity contribution in [3.8, 4) is 0 Å². The van der Waals surface area contributed by atoms with Crippen LogP contribution in [0.5, 0.6) is 0 Å². The summed E-state index contributed by atoms with van der Waals surface area (Å²) in [5, 5.41) is 8.18. The predicted molar refractivity (Wildman–Crippen MR) is 126 cm³/mol. The molecule has 0 atom stereocenters. The number of nitrogens with zero attached hydrogens (tertiary/aromatic N) is 4. The first-order chi connectivity index (χ1) is 16.3. The molecule has 186 valence electrons. The summed E-state index contributed by atoms with van der Waals surface area (Å²) >= 11 is 0. The molecule has 35 heavy (non-hydrogen) atoms. The van der Waals surface area contributed by atoms with E-state index in [0.717, 1.165) is 10.6 Å². The fourth-order valence-electron chi connectivity index (χ4n) is 3.00. The number of sulfonamides is 1. The molecule has 1 amide bonds. The zero-order valence-corrected chi connectivity index (χ0v) is 19.7. The van der Waals surface area contributed by atoms with Crippen molar-refractivity contribution in [1.82, 2.24) is 15.0 Å². The normalized spacial score (nSPS) is 11.6. The quantitative estimate of drug-likeness (QED) is 0.420. The summed E-state index contributed by atoms with van der Waals surface area (Å²) in [5.74, 6) is -0.183. The van der Waals surface area contributed by atoms with Crippen molar-refractivity contribution in [2.45, 2.75) is 19.6 Å². The van der Waals surface area contributed by atoms with Crippen LogP contribution in [-0.2, 0) is 27.5 Å². The molecule has 0 fully saturated rings. The Morgan fingerprint density at radius 3 is 2.43 bits per heavy atom. The van der Waals surface area contributed by atoms with Gasteiger partial charge in [0.1, 0.15) is 11.5 Å². The molecule has 1 aromatic carbocycles. The second-order valence-electron chi connectivity index (χ2n) is 7.41. The number of nitrogens with one attached hydrogen (secondary N) is 3. The third kappa shape index (κ3) is 6.79. The average Bonchev–Trinajstić information content (AvgIpc) is 2.76. The Morgan fingerprint density at radius 2 is 1.77 bits per heavy atom. The number of hydrogen-bond donors (Lipinski definition) is 3. The molecule has 2 heterocycles. The van der Waals surface area contributed by atoms with E-state index in [4.69, 9.17) is 0 Å². The summed E-state index contributed by atoms with van der Waals surface area (Å²) in [7, 11) is -2.40. The van der Waals surface area contributed by atoms with E-state index in [2.05, 4.69) is 30.9 Å². The second-order valence-corrected chi connectivity index (χ2v) is 9.42. The first-order valence-corrected chi connectivity index (χ1v) is 11.9. The van der Waals surface area contributed by atoms with Crippen LogP contribution in [-0.4, -0.2) is 42.6 Å². The maximum atomic E-state index is 13.6. The van der Waals surface area contributed by atoms with E-state index in [1.165, 1.54) is 32.4 Å². The fourth-order valence-corrected chi connectivity index (χ4v) is 3.47. The number of rotatable bonds is 8. The summed E-state index contributed by atoms with van der Waals surface area (Å²) < 4.78 is 65.5. The lowest BCUT2D eigenvalue weighted by Gasteiger charge is -2.19. The summed E-state index contributed by atoms with van der Waals surface area (Å²) in [6.45, 7) is 1.11. The van der Waals surface area contributed by atoms with E-state index in [0.29, 0.717) is 17.6 Å². The number of anilines is 5. The van der Waals surface area contributed by atoms with Crippen LogP contribution in [0.4, 0.5) is 41.9 Å². The van der Waals surface area contributed by atoms with Gasteiger partial charge in [0.15, 0.2) is 5.82 Å². The van der Waals surface area contributed by atoms with E-state index in [1.54, 1.807) is 24.3 Å². The van der Waals surface area contributed by atoms with Crippen LogP contribution in [0.2, 0.25) is 0 Å². The Balaban J connectivity index is 1.90. The predicted octanol–water partition coefficient (Wildman–Crippen LogP) is 3.60. The van der Waals surface area contributed by atoms with E-state index >= 15 is 0 Å². The first kappa shape index (κ1) is 25.7. The Morgan fingerprint density at radius 1 is 1.09 bits per heavy atom. The molecular formula is C21H22F3N7O3S. The lowest BCUT2D eigenvalue weighted by atomic mass is 10.2. The lowest BCUT2D eigenvalue weighted by molar-refractivity contribution is -0.137. The fraction of sp³-hybridized carbons (Fsp3) is 0.238. The number of halogens is 3. The molecule has 0 unspecified atom stereocenters. The summed E-state index contributed by atoms with van der Waals surface area (Å²) in [6.07, 6.45) is -0.451. The van der Waals surface area contributed by atoms with Gasteiger partial charge in [-0.15, -0.1) is 0 Å². The SMILES string of the molecule is CC(=O)Nc1cccc(Nc2cc(NCc3nccnc3N(C)S(C)(=O)=O)c(C(F)(F)F)cn2)c1. The number of benzene rings is 1. The van der Waals surface area contributed by atoms with Crippen molar-refractivity contribution in [3.05, 3.63) is 60.2 Å². The number of carbonyl (C=O) groups is 1. The number of aromatic nitrogens is 3. The van der Waals surface area contributed by atoms with Crippen LogP contribution in [0.1, 0.15) is 18.2 Å². The van der Waals surface area contributed by atoms with Crippen LogP contribution in [0.3, 0.4) is 0 Å². The highest BCUT2D eigenvalue weighted by atomic mass is 32.2. The van der Waals surface area contributed by atoms with Gasteiger partial charge in [-0.2, -0.15) is 13.2 Å². The van der Waals surface area contributed by atoms with Gasteiger partial charge in [-0.25, -0.2) is 18.4 Å². The number of pyridine rings is 1. The van der Waals surface area contributed by atoms with Gasteiger partial charge in [0.25, 0.3) is 0 Å². The standard InChI is InChI=1S/C21H22F3N7O3S/c1-13(32)29-14-5-4-6-15(9-14)30-19-10-17(16(11-28-19)21(22,23)24)27-12-18-20(26-8-7-25-18)31(2)35(3,33)34/h4-11H,12H2,1-3H3,(H,29,32)(H2,27,28,30). The Hall–Kier alpha value is -3.94. The maximum absolute atomic E-state index is 13.6. The molecule has 0 saturated heterocycles. The lowest BCUT2D eigenvalue weighted by Crippen LogP contribution is -2.27. The second kappa shape index (κ2) is 10.1. The minimum absolute atomic E-state index is 0.0155. The minimum Gasteiger partial charge on any atom is -0.379 e. The molecule has 0 aliphatic carbocycles. The molecule has 3 rings (SSSR count). The highest BCUT2D eigenvalue weighted by molar-refractivity contribution is 7.92.